The predicted molar refractivity (Wildman–Crippen MR) is 144 cm³/mol. The van der Waals surface area contributed by atoms with Gasteiger partial charge in [-0.3, -0.25) is 4.79 Å². The molecule has 8 nitrogen and oxygen atoms in total. The molecule has 0 aliphatic rings. The normalized spacial score (nSPS) is 11.3. The van der Waals surface area contributed by atoms with Crippen molar-refractivity contribution < 1.29 is 14.3 Å². The summed E-state index contributed by atoms with van der Waals surface area (Å²) in [5.41, 5.74) is 4.27. The summed E-state index contributed by atoms with van der Waals surface area (Å²) >= 11 is 5.93. The van der Waals surface area contributed by atoms with Crippen LogP contribution in [0.1, 0.15) is 37.6 Å². The van der Waals surface area contributed by atoms with Gasteiger partial charge in [-0.05, 0) is 49.7 Å². The lowest BCUT2D eigenvalue weighted by Crippen LogP contribution is -2.42. The third-order valence-corrected chi connectivity index (χ3v) is 5.86. The van der Waals surface area contributed by atoms with E-state index < -0.39 is 6.03 Å². The average Bonchev–Trinajstić information content (AvgIpc) is 3.22. The number of hydrogen-bond acceptors (Lipinski definition) is 4. The van der Waals surface area contributed by atoms with Crippen molar-refractivity contribution in [3.05, 3.63) is 70.4 Å². The van der Waals surface area contributed by atoms with Crippen LogP contribution in [0.3, 0.4) is 0 Å². The van der Waals surface area contributed by atoms with Gasteiger partial charge < -0.3 is 20.3 Å². The zero-order valence-electron chi connectivity index (χ0n) is 21.7. The topological polar surface area (TPSA) is 88.5 Å². The molecule has 0 saturated heterocycles. The highest BCUT2D eigenvalue weighted by molar-refractivity contribution is 6.30. The van der Waals surface area contributed by atoms with Crippen LogP contribution in [0.4, 0.5) is 16.3 Å². The Bertz CT molecular complexity index is 1220. The SMILES string of the molecule is COCCN(CC(=O)Nc1cc(C(C)(C)C)nn1-c1ccc(C)cc1C)C(=O)Nc1ccc(Cl)cc1. The van der Waals surface area contributed by atoms with Crippen LogP contribution in [-0.2, 0) is 14.9 Å². The number of anilines is 2. The van der Waals surface area contributed by atoms with Gasteiger partial charge in [-0.25, -0.2) is 9.48 Å². The van der Waals surface area contributed by atoms with E-state index in [2.05, 4.69) is 37.5 Å². The van der Waals surface area contributed by atoms with Crippen LogP contribution in [0, 0.1) is 13.8 Å². The monoisotopic (exact) mass is 511 g/mol. The van der Waals surface area contributed by atoms with E-state index in [4.69, 9.17) is 21.4 Å². The molecule has 3 rings (SSSR count). The van der Waals surface area contributed by atoms with Gasteiger partial charge in [-0.15, -0.1) is 0 Å². The van der Waals surface area contributed by atoms with E-state index in [1.807, 2.05) is 32.0 Å². The van der Waals surface area contributed by atoms with Crippen LogP contribution in [0.15, 0.2) is 48.5 Å². The van der Waals surface area contributed by atoms with E-state index in [-0.39, 0.29) is 31.0 Å². The highest BCUT2D eigenvalue weighted by atomic mass is 35.5. The van der Waals surface area contributed by atoms with Crippen LogP contribution in [0.2, 0.25) is 5.02 Å². The molecule has 0 fully saturated rings. The first kappa shape index (κ1) is 27.2. The van der Waals surface area contributed by atoms with Crippen molar-refractivity contribution >= 4 is 35.0 Å². The van der Waals surface area contributed by atoms with Gasteiger partial charge in [0.2, 0.25) is 5.91 Å². The van der Waals surface area contributed by atoms with E-state index in [0.29, 0.717) is 16.5 Å². The van der Waals surface area contributed by atoms with Crippen LogP contribution >= 0.6 is 11.6 Å². The quantitative estimate of drug-likeness (QED) is 0.414. The van der Waals surface area contributed by atoms with E-state index in [1.54, 1.807) is 36.1 Å². The average molecular weight is 512 g/mol. The number of halogens is 1. The highest BCUT2D eigenvalue weighted by Gasteiger charge is 2.23. The van der Waals surface area contributed by atoms with Crippen LogP contribution in [-0.4, -0.2) is 53.4 Å². The number of carbonyl (C=O) groups excluding carboxylic acids is 2. The van der Waals surface area contributed by atoms with Crippen molar-refractivity contribution in [3.63, 3.8) is 0 Å². The molecular formula is C27H34ClN5O3. The number of amides is 3. The molecule has 0 saturated carbocycles. The molecule has 2 N–H and O–H groups in total. The van der Waals surface area contributed by atoms with Crippen molar-refractivity contribution in [2.24, 2.45) is 0 Å². The Hall–Kier alpha value is -3.36. The lowest BCUT2D eigenvalue weighted by atomic mass is 9.92. The number of aromatic nitrogens is 2. The molecule has 0 aliphatic carbocycles. The summed E-state index contributed by atoms with van der Waals surface area (Å²) in [7, 11) is 1.55. The van der Waals surface area contributed by atoms with Crippen molar-refractivity contribution in [1.29, 1.82) is 0 Å². The number of nitrogens with one attached hydrogen (secondary N) is 2. The maximum absolute atomic E-state index is 13.1. The van der Waals surface area contributed by atoms with Crippen LogP contribution in [0.25, 0.3) is 5.69 Å². The number of nitrogens with zero attached hydrogens (tertiary/aromatic N) is 3. The van der Waals surface area contributed by atoms with Crippen LogP contribution in [0.5, 0.6) is 0 Å². The molecule has 3 aromatic rings. The maximum atomic E-state index is 13.1. The molecule has 192 valence electrons. The van der Waals surface area contributed by atoms with Gasteiger partial charge in [0.1, 0.15) is 12.4 Å². The van der Waals surface area contributed by atoms with Gasteiger partial charge in [0.25, 0.3) is 0 Å². The Morgan fingerprint density at radius 2 is 1.75 bits per heavy atom. The molecule has 36 heavy (non-hydrogen) atoms. The summed E-state index contributed by atoms with van der Waals surface area (Å²) in [6.07, 6.45) is 0. The summed E-state index contributed by atoms with van der Waals surface area (Å²) in [4.78, 5) is 27.5. The Morgan fingerprint density at radius 1 is 1.06 bits per heavy atom. The summed E-state index contributed by atoms with van der Waals surface area (Å²) in [6.45, 7) is 10.6. The minimum atomic E-state index is -0.414. The number of methoxy groups -OCH3 is 1. The third kappa shape index (κ3) is 7.08. The zero-order valence-corrected chi connectivity index (χ0v) is 22.4. The lowest BCUT2D eigenvalue weighted by molar-refractivity contribution is -0.116. The Labute approximate surface area is 217 Å². The molecule has 9 heteroatoms. The molecule has 0 aliphatic heterocycles. The lowest BCUT2D eigenvalue weighted by Gasteiger charge is -2.22. The van der Waals surface area contributed by atoms with Gasteiger partial charge in [0.05, 0.1) is 18.0 Å². The van der Waals surface area contributed by atoms with E-state index in [1.165, 1.54) is 4.90 Å². The second-order valence-corrected chi connectivity index (χ2v) is 10.2. The Balaban J connectivity index is 1.83. The fraction of sp³-hybridized carbons (Fsp3) is 0.370. The molecule has 0 atom stereocenters. The molecular weight excluding hydrogens is 478 g/mol. The van der Waals surface area contributed by atoms with Crippen LogP contribution < -0.4 is 10.6 Å². The van der Waals surface area contributed by atoms with Gasteiger partial charge in [0.15, 0.2) is 0 Å². The first-order chi connectivity index (χ1) is 17.0. The van der Waals surface area contributed by atoms with Crippen molar-refractivity contribution in [1.82, 2.24) is 14.7 Å². The second-order valence-electron chi connectivity index (χ2n) is 9.77. The Morgan fingerprint density at radius 3 is 2.36 bits per heavy atom. The molecule has 0 bridgehead atoms. The summed E-state index contributed by atoms with van der Waals surface area (Å²) in [5.74, 6) is 0.199. The molecule has 2 aromatic carbocycles. The summed E-state index contributed by atoms with van der Waals surface area (Å²) in [5, 5.41) is 11.1. The molecule has 1 heterocycles. The largest absolute Gasteiger partial charge is 0.383 e. The fourth-order valence-electron chi connectivity index (χ4n) is 3.61. The standard InChI is InChI=1S/C27H34ClN5O3/c1-18-7-12-22(19(2)15-18)33-24(16-23(31-33)27(3,4)5)30-25(34)17-32(13-14-36-6)26(35)29-21-10-8-20(28)9-11-21/h7-12,15-16H,13-14,17H2,1-6H3,(H,29,35)(H,30,34). The number of ether oxygens (including phenoxy) is 1. The minimum absolute atomic E-state index is 0.161. The second kappa shape index (κ2) is 11.6. The summed E-state index contributed by atoms with van der Waals surface area (Å²) < 4.78 is 6.89. The van der Waals surface area contributed by atoms with Crippen molar-refractivity contribution in [2.45, 2.75) is 40.0 Å². The number of carbonyl (C=O) groups is 2. The van der Waals surface area contributed by atoms with Gasteiger partial charge in [-0.2, -0.15) is 5.10 Å². The minimum Gasteiger partial charge on any atom is -0.383 e. The van der Waals surface area contributed by atoms with Gasteiger partial charge in [0, 0.05) is 35.8 Å². The highest BCUT2D eigenvalue weighted by Crippen LogP contribution is 2.28. The fourth-order valence-corrected chi connectivity index (χ4v) is 3.73. The number of rotatable bonds is 8. The van der Waals surface area contributed by atoms with E-state index >= 15 is 0 Å². The molecule has 0 spiro atoms. The first-order valence-corrected chi connectivity index (χ1v) is 12.1. The van der Waals surface area contributed by atoms with E-state index in [0.717, 1.165) is 22.5 Å². The Kier molecular flexibility index (Phi) is 8.76. The predicted octanol–water partition coefficient (Wildman–Crippen LogP) is 5.56. The maximum Gasteiger partial charge on any atom is 0.322 e. The van der Waals surface area contributed by atoms with Crippen molar-refractivity contribution in [3.8, 4) is 5.69 Å². The number of hydrogen-bond donors (Lipinski definition) is 2. The van der Waals surface area contributed by atoms with Gasteiger partial charge in [-0.1, -0.05) is 50.1 Å². The first-order valence-electron chi connectivity index (χ1n) is 11.8. The molecule has 0 unspecified atom stereocenters. The van der Waals surface area contributed by atoms with E-state index in [9.17, 15) is 9.59 Å². The smallest absolute Gasteiger partial charge is 0.322 e. The molecule has 0 radical (unpaired) electrons. The van der Waals surface area contributed by atoms with Gasteiger partial charge >= 0.3 is 6.03 Å². The third-order valence-electron chi connectivity index (χ3n) is 5.61. The summed E-state index contributed by atoms with van der Waals surface area (Å²) in [6, 6.07) is 14.3. The van der Waals surface area contributed by atoms with Crippen molar-refractivity contribution in [2.75, 3.05) is 37.4 Å². The number of urea groups is 1. The molecule has 1 aromatic heterocycles. The number of benzene rings is 2. The molecule has 3 amide bonds. The number of aryl methyl sites for hydroxylation is 2. The zero-order chi connectivity index (χ0) is 26.5.